The summed E-state index contributed by atoms with van der Waals surface area (Å²) < 4.78 is 42.1. The molecule has 112 valence electrons. The van der Waals surface area contributed by atoms with Crippen molar-refractivity contribution in [2.75, 3.05) is 6.54 Å². The highest BCUT2D eigenvalue weighted by atomic mass is 19.4. The molecule has 0 saturated heterocycles. The number of aromatic nitrogens is 1. The summed E-state index contributed by atoms with van der Waals surface area (Å²) in [6.45, 7) is 0.303. The number of nitrogens with one attached hydrogen (secondary N) is 1. The molecular weight excluding hydrogens is 285 g/mol. The maximum atomic E-state index is 12.4. The summed E-state index contributed by atoms with van der Waals surface area (Å²) in [7, 11) is 0. The van der Waals surface area contributed by atoms with E-state index in [4.69, 9.17) is 4.42 Å². The Morgan fingerprint density at radius 2 is 2.10 bits per heavy atom. The van der Waals surface area contributed by atoms with Crippen LogP contribution in [0.2, 0.25) is 0 Å². The molecule has 7 heteroatoms. The lowest BCUT2D eigenvalue weighted by atomic mass is 10.2. The number of carbonyl (C=O) groups excluding carboxylic acids is 1. The monoisotopic (exact) mass is 298 g/mol. The topological polar surface area (TPSA) is 55.1 Å². The van der Waals surface area contributed by atoms with Crippen LogP contribution in [0.4, 0.5) is 13.2 Å². The second-order valence-electron chi connectivity index (χ2n) is 4.39. The lowest BCUT2D eigenvalue weighted by Crippen LogP contribution is -2.27. The van der Waals surface area contributed by atoms with Gasteiger partial charge >= 0.3 is 6.18 Å². The number of pyridine rings is 1. The van der Waals surface area contributed by atoms with E-state index in [-0.39, 0.29) is 12.3 Å². The highest BCUT2D eigenvalue weighted by molar-refractivity contribution is 5.77. The molecule has 0 bridgehead atoms. The zero-order chi connectivity index (χ0) is 15.3. The molecule has 4 nitrogen and oxygen atoms in total. The molecule has 0 aliphatic carbocycles. The zero-order valence-corrected chi connectivity index (χ0v) is 11.0. The van der Waals surface area contributed by atoms with Gasteiger partial charge in [0.1, 0.15) is 5.76 Å². The molecule has 2 rings (SSSR count). The molecule has 2 aromatic rings. The third-order valence-corrected chi connectivity index (χ3v) is 2.77. The fourth-order valence-electron chi connectivity index (χ4n) is 1.70. The van der Waals surface area contributed by atoms with Gasteiger partial charge in [0.25, 0.3) is 0 Å². The number of alkyl halides is 3. The van der Waals surface area contributed by atoms with Crippen LogP contribution in [0.1, 0.15) is 17.0 Å². The van der Waals surface area contributed by atoms with Crippen LogP contribution < -0.4 is 5.32 Å². The number of hydrogen-bond donors (Lipinski definition) is 1. The molecule has 1 N–H and O–H groups in total. The number of hydrogen-bond acceptors (Lipinski definition) is 3. The first kappa shape index (κ1) is 15.1. The van der Waals surface area contributed by atoms with E-state index in [2.05, 4.69) is 10.3 Å². The van der Waals surface area contributed by atoms with Crippen LogP contribution in [0.5, 0.6) is 0 Å². The van der Waals surface area contributed by atoms with Gasteiger partial charge in [-0.25, -0.2) is 0 Å². The molecule has 0 radical (unpaired) electrons. The van der Waals surface area contributed by atoms with Gasteiger partial charge in [-0.2, -0.15) is 13.2 Å². The van der Waals surface area contributed by atoms with Crippen molar-refractivity contribution in [2.45, 2.75) is 19.0 Å². The lowest BCUT2D eigenvalue weighted by molar-refractivity contribution is -0.137. The average molecular weight is 298 g/mol. The predicted octanol–water partition coefficient (Wildman–Crippen LogP) is 2.59. The van der Waals surface area contributed by atoms with Gasteiger partial charge in [0.2, 0.25) is 5.91 Å². The average Bonchev–Trinajstić information content (AvgIpc) is 2.91. The quantitative estimate of drug-likeness (QED) is 0.923. The van der Waals surface area contributed by atoms with Gasteiger partial charge in [0.15, 0.2) is 0 Å². The van der Waals surface area contributed by atoms with Crippen LogP contribution in [0.15, 0.2) is 41.1 Å². The molecule has 0 spiro atoms. The second-order valence-corrected chi connectivity index (χ2v) is 4.39. The minimum Gasteiger partial charge on any atom is -0.469 e. The summed E-state index contributed by atoms with van der Waals surface area (Å²) in [5.41, 5.74) is -0.297. The first-order chi connectivity index (χ1) is 9.95. The molecule has 1 amide bonds. The Morgan fingerprint density at radius 1 is 1.29 bits per heavy atom. The van der Waals surface area contributed by atoms with Crippen molar-refractivity contribution in [3.8, 4) is 0 Å². The van der Waals surface area contributed by atoms with Crippen LogP contribution in [0.25, 0.3) is 0 Å². The number of nitrogens with zero attached hydrogens (tertiary/aromatic N) is 1. The maximum absolute atomic E-state index is 12.4. The predicted molar refractivity (Wildman–Crippen MR) is 68.4 cm³/mol. The summed E-state index contributed by atoms with van der Waals surface area (Å²) in [5.74, 6) is 0.344. The van der Waals surface area contributed by atoms with Gasteiger partial charge in [0, 0.05) is 24.9 Å². The Morgan fingerprint density at radius 3 is 2.67 bits per heavy atom. The Kier molecular flexibility index (Phi) is 4.62. The largest absolute Gasteiger partial charge is 0.469 e. The molecule has 0 saturated carbocycles. The Labute approximate surface area is 119 Å². The highest BCUT2D eigenvalue weighted by Gasteiger charge is 2.30. The van der Waals surface area contributed by atoms with E-state index in [1.165, 1.54) is 12.3 Å². The van der Waals surface area contributed by atoms with Crippen LogP contribution in [-0.2, 0) is 23.8 Å². The Balaban J connectivity index is 1.77. The van der Waals surface area contributed by atoms with Gasteiger partial charge in [0.05, 0.1) is 18.2 Å². The van der Waals surface area contributed by atoms with Gasteiger partial charge in [-0.1, -0.05) is 0 Å². The zero-order valence-electron chi connectivity index (χ0n) is 11.0. The number of rotatable bonds is 5. The van der Waals surface area contributed by atoms with Crippen molar-refractivity contribution < 1.29 is 22.4 Å². The highest BCUT2D eigenvalue weighted by Crippen LogP contribution is 2.28. The molecule has 0 unspecified atom stereocenters. The van der Waals surface area contributed by atoms with E-state index >= 15 is 0 Å². The van der Waals surface area contributed by atoms with E-state index in [9.17, 15) is 18.0 Å². The van der Waals surface area contributed by atoms with Gasteiger partial charge < -0.3 is 9.73 Å². The number of carbonyl (C=O) groups is 1. The molecule has 2 heterocycles. The molecule has 0 aromatic carbocycles. The summed E-state index contributed by atoms with van der Waals surface area (Å²) in [6, 6.07) is 5.67. The van der Waals surface area contributed by atoms with Crippen molar-refractivity contribution >= 4 is 5.91 Å². The minimum atomic E-state index is -4.39. The summed E-state index contributed by atoms with van der Waals surface area (Å²) in [5, 5.41) is 2.65. The molecular formula is C14H13F3N2O2. The smallest absolute Gasteiger partial charge is 0.417 e. The van der Waals surface area contributed by atoms with Crippen molar-refractivity contribution in [3.63, 3.8) is 0 Å². The van der Waals surface area contributed by atoms with E-state index in [0.29, 0.717) is 24.4 Å². The second kappa shape index (κ2) is 6.43. The van der Waals surface area contributed by atoms with Crippen LogP contribution >= 0.6 is 0 Å². The van der Waals surface area contributed by atoms with E-state index in [1.807, 2.05) is 0 Å². The summed E-state index contributed by atoms with van der Waals surface area (Å²) >= 11 is 0. The Bertz CT molecular complexity index is 577. The molecule has 0 aliphatic rings. The SMILES string of the molecule is O=C(Cc1ccco1)NCCc1ccc(C(F)(F)F)cn1. The molecule has 2 aromatic heterocycles. The van der Waals surface area contributed by atoms with Gasteiger partial charge in [-0.15, -0.1) is 0 Å². The fraction of sp³-hybridized carbons (Fsp3) is 0.286. The molecule has 0 fully saturated rings. The van der Waals surface area contributed by atoms with Crippen molar-refractivity contribution in [2.24, 2.45) is 0 Å². The maximum Gasteiger partial charge on any atom is 0.417 e. The lowest BCUT2D eigenvalue weighted by Gasteiger charge is -2.07. The number of amides is 1. The van der Waals surface area contributed by atoms with Crippen LogP contribution in [0, 0.1) is 0 Å². The summed E-state index contributed by atoms with van der Waals surface area (Å²) in [6.07, 6.45) is -1.62. The fourth-order valence-corrected chi connectivity index (χ4v) is 1.70. The first-order valence-electron chi connectivity index (χ1n) is 6.26. The van der Waals surface area contributed by atoms with Crippen LogP contribution in [-0.4, -0.2) is 17.4 Å². The number of furan rings is 1. The minimum absolute atomic E-state index is 0.132. The third-order valence-electron chi connectivity index (χ3n) is 2.77. The Hall–Kier alpha value is -2.31. The van der Waals surface area contributed by atoms with Crippen molar-refractivity contribution in [1.29, 1.82) is 0 Å². The van der Waals surface area contributed by atoms with Crippen LogP contribution in [0.3, 0.4) is 0 Å². The van der Waals surface area contributed by atoms with E-state index in [1.54, 1.807) is 12.1 Å². The number of halogens is 3. The van der Waals surface area contributed by atoms with E-state index < -0.39 is 11.7 Å². The van der Waals surface area contributed by atoms with Gasteiger partial charge in [-0.3, -0.25) is 9.78 Å². The summed E-state index contributed by atoms with van der Waals surface area (Å²) in [4.78, 5) is 15.3. The standard InChI is InChI=1S/C14H13F3N2O2/c15-14(16,17)10-3-4-11(19-9-10)5-6-18-13(20)8-12-2-1-7-21-12/h1-4,7,9H,5-6,8H2,(H,18,20). The first-order valence-corrected chi connectivity index (χ1v) is 6.26. The third kappa shape index (κ3) is 4.62. The molecule has 0 aliphatic heterocycles. The van der Waals surface area contributed by atoms with Crippen molar-refractivity contribution in [3.05, 3.63) is 53.7 Å². The van der Waals surface area contributed by atoms with Gasteiger partial charge in [-0.05, 0) is 24.3 Å². The molecule has 21 heavy (non-hydrogen) atoms. The van der Waals surface area contributed by atoms with Crippen molar-refractivity contribution in [1.82, 2.24) is 10.3 Å². The normalized spacial score (nSPS) is 11.4. The van der Waals surface area contributed by atoms with E-state index in [0.717, 1.165) is 12.3 Å². The molecule has 0 atom stereocenters.